The number of rotatable bonds is 4. The van der Waals surface area contributed by atoms with Crippen LogP contribution in [0.3, 0.4) is 0 Å². The summed E-state index contributed by atoms with van der Waals surface area (Å²) in [6.45, 7) is 1.54. The van der Waals surface area contributed by atoms with Gasteiger partial charge in [-0.3, -0.25) is 4.79 Å². The summed E-state index contributed by atoms with van der Waals surface area (Å²) < 4.78 is 23.4. The van der Waals surface area contributed by atoms with Gasteiger partial charge in [-0.15, -0.1) is 0 Å². The van der Waals surface area contributed by atoms with Gasteiger partial charge in [-0.25, -0.2) is 4.39 Å². The molecule has 5 heteroatoms. The van der Waals surface area contributed by atoms with Gasteiger partial charge in [0.25, 0.3) is 0 Å². The van der Waals surface area contributed by atoms with Crippen LogP contribution in [-0.2, 0) is 9.53 Å². The molecule has 1 aromatic carbocycles. The normalized spacial score (nSPS) is 9.50. The van der Waals surface area contributed by atoms with Crippen LogP contribution in [0.5, 0.6) is 5.75 Å². The number of hydrogen-bond donors (Lipinski definition) is 0. The summed E-state index contributed by atoms with van der Waals surface area (Å²) in [6.07, 6.45) is 0. The predicted molar refractivity (Wildman–Crippen MR) is 68.9 cm³/mol. The average Bonchev–Trinajstić information content (AvgIpc) is 2.33. The van der Waals surface area contributed by atoms with Crippen molar-refractivity contribution in [1.29, 1.82) is 0 Å². The molecule has 0 heterocycles. The highest BCUT2D eigenvalue weighted by Crippen LogP contribution is 2.16. The Hall–Kier alpha value is -1.51. The Morgan fingerprint density at radius 2 is 2.28 bits per heavy atom. The van der Waals surface area contributed by atoms with Crippen molar-refractivity contribution in [2.24, 2.45) is 0 Å². The molecule has 0 aromatic heterocycles. The minimum Gasteiger partial charge on any atom is -0.467 e. The molecule has 0 N–H and O–H groups in total. The molecule has 0 spiro atoms. The fraction of sp³-hybridized carbons (Fsp3) is 0.308. The van der Waals surface area contributed by atoms with Crippen molar-refractivity contribution in [1.82, 2.24) is 0 Å². The van der Waals surface area contributed by atoms with E-state index in [2.05, 4.69) is 11.8 Å². The van der Waals surface area contributed by atoms with Gasteiger partial charge in [0.1, 0.15) is 11.6 Å². The number of halogens is 1. The Labute approximate surface area is 110 Å². The fourth-order valence-electron chi connectivity index (χ4n) is 1.08. The van der Waals surface area contributed by atoms with Crippen LogP contribution in [0, 0.1) is 17.7 Å². The van der Waals surface area contributed by atoms with Crippen LogP contribution in [0.25, 0.3) is 0 Å². The third kappa shape index (κ3) is 5.21. The first-order valence-corrected chi connectivity index (χ1v) is 6.15. The second kappa shape index (κ2) is 7.75. The molecule has 1 aromatic rings. The molecule has 18 heavy (non-hydrogen) atoms. The molecule has 0 unspecified atom stereocenters. The maximum Gasteiger partial charge on any atom is 0.188 e. The van der Waals surface area contributed by atoms with Crippen molar-refractivity contribution < 1.29 is 18.7 Å². The second-order valence-corrected chi connectivity index (χ2v) is 4.43. The lowest BCUT2D eigenvalue weighted by Crippen LogP contribution is -1.99. The molecule has 0 aliphatic carbocycles. The van der Waals surface area contributed by atoms with Crippen molar-refractivity contribution in [3.05, 3.63) is 29.6 Å². The van der Waals surface area contributed by atoms with E-state index in [1.165, 1.54) is 26.2 Å². The minimum absolute atomic E-state index is 0.00640. The van der Waals surface area contributed by atoms with Crippen molar-refractivity contribution in [3.8, 4) is 17.6 Å². The molecular formula is C13H13FO3S. The SMILES string of the molecule is COCOc1ccc(C#CCSC(C)=O)c(F)c1. The van der Waals surface area contributed by atoms with Crippen LogP contribution in [-0.4, -0.2) is 24.8 Å². The number of ether oxygens (including phenoxy) is 2. The summed E-state index contributed by atoms with van der Waals surface area (Å²) in [6, 6.07) is 4.40. The Morgan fingerprint density at radius 3 is 2.89 bits per heavy atom. The van der Waals surface area contributed by atoms with E-state index in [0.717, 1.165) is 11.8 Å². The fourth-order valence-corrected chi connectivity index (χ4v) is 1.43. The molecule has 0 aliphatic rings. The summed E-state index contributed by atoms with van der Waals surface area (Å²) in [5.41, 5.74) is 0.281. The number of benzene rings is 1. The molecule has 1 rings (SSSR count). The van der Waals surface area contributed by atoms with Crippen molar-refractivity contribution >= 4 is 16.9 Å². The van der Waals surface area contributed by atoms with Gasteiger partial charge in [0, 0.05) is 20.1 Å². The first-order valence-electron chi connectivity index (χ1n) is 5.17. The zero-order valence-corrected chi connectivity index (χ0v) is 11.0. The van der Waals surface area contributed by atoms with E-state index in [0.29, 0.717) is 11.5 Å². The standard InChI is InChI=1S/C13H13FO3S/c1-10(15)18-7-3-4-11-5-6-12(8-13(11)14)17-9-16-2/h5-6,8H,7,9H2,1-2H3. The molecular weight excluding hydrogens is 255 g/mol. The maximum atomic E-state index is 13.6. The number of carbonyl (C=O) groups is 1. The molecule has 3 nitrogen and oxygen atoms in total. The van der Waals surface area contributed by atoms with E-state index in [1.54, 1.807) is 6.07 Å². The molecule has 96 valence electrons. The zero-order valence-electron chi connectivity index (χ0n) is 10.2. The van der Waals surface area contributed by atoms with Crippen LogP contribution >= 0.6 is 11.8 Å². The molecule has 0 radical (unpaired) electrons. The van der Waals surface area contributed by atoms with Gasteiger partial charge >= 0.3 is 0 Å². The van der Waals surface area contributed by atoms with Gasteiger partial charge in [0.15, 0.2) is 11.9 Å². The number of methoxy groups -OCH3 is 1. The van der Waals surface area contributed by atoms with E-state index < -0.39 is 5.82 Å². The van der Waals surface area contributed by atoms with Crippen LogP contribution in [0.1, 0.15) is 12.5 Å². The third-order valence-corrected chi connectivity index (χ3v) is 2.55. The smallest absolute Gasteiger partial charge is 0.188 e. The first kappa shape index (κ1) is 14.6. The summed E-state index contributed by atoms with van der Waals surface area (Å²) in [5.74, 6) is 5.68. The topological polar surface area (TPSA) is 35.5 Å². The number of hydrogen-bond acceptors (Lipinski definition) is 4. The summed E-state index contributed by atoms with van der Waals surface area (Å²) in [5, 5.41) is -0.00640. The van der Waals surface area contributed by atoms with Crippen LogP contribution in [0.4, 0.5) is 4.39 Å². The predicted octanol–water partition coefficient (Wildman–Crippen LogP) is 2.44. The van der Waals surface area contributed by atoms with E-state index in [9.17, 15) is 9.18 Å². The van der Waals surface area contributed by atoms with Gasteiger partial charge in [0.05, 0.1) is 11.3 Å². The van der Waals surface area contributed by atoms with E-state index in [-0.39, 0.29) is 17.5 Å². The first-order chi connectivity index (χ1) is 8.63. The largest absolute Gasteiger partial charge is 0.467 e. The summed E-state index contributed by atoms with van der Waals surface area (Å²) >= 11 is 1.09. The summed E-state index contributed by atoms with van der Waals surface area (Å²) in [7, 11) is 1.49. The highest BCUT2D eigenvalue weighted by Gasteiger charge is 2.01. The molecule has 0 fully saturated rings. The van der Waals surface area contributed by atoms with Crippen molar-refractivity contribution in [2.75, 3.05) is 19.7 Å². The quantitative estimate of drug-likeness (QED) is 0.620. The van der Waals surface area contributed by atoms with Gasteiger partial charge in [-0.05, 0) is 12.1 Å². The molecule has 0 aliphatic heterocycles. The van der Waals surface area contributed by atoms with Gasteiger partial charge in [0.2, 0.25) is 0 Å². The van der Waals surface area contributed by atoms with Gasteiger partial charge < -0.3 is 9.47 Å². The average molecular weight is 268 g/mol. The van der Waals surface area contributed by atoms with Crippen LogP contribution in [0.2, 0.25) is 0 Å². The minimum atomic E-state index is -0.455. The van der Waals surface area contributed by atoms with Gasteiger partial charge in [-0.1, -0.05) is 23.6 Å². The second-order valence-electron chi connectivity index (χ2n) is 3.27. The van der Waals surface area contributed by atoms with E-state index in [4.69, 9.17) is 9.47 Å². The lowest BCUT2D eigenvalue weighted by molar-refractivity contribution is -0.109. The Bertz CT molecular complexity index is 477. The van der Waals surface area contributed by atoms with E-state index >= 15 is 0 Å². The molecule has 0 atom stereocenters. The van der Waals surface area contributed by atoms with Crippen molar-refractivity contribution in [2.45, 2.75) is 6.92 Å². The summed E-state index contributed by atoms with van der Waals surface area (Å²) in [4.78, 5) is 10.7. The highest BCUT2D eigenvalue weighted by molar-refractivity contribution is 8.13. The zero-order chi connectivity index (χ0) is 13.4. The van der Waals surface area contributed by atoms with Crippen LogP contribution in [0.15, 0.2) is 18.2 Å². The molecule has 0 saturated heterocycles. The molecule has 0 saturated carbocycles. The molecule has 0 bridgehead atoms. The lowest BCUT2D eigenvalue weighted by Gasteiger charge is -2.04. The van der Waals surface area contributed by atoms with Crippen molar-refractivity contribution in [3.63, 3.8) is 0 Å². The monoisotopic (exact) mass is 268 g/mol. The number of thioether (sulfide) groups is 1. The lowest BCUT2D eigenvalue weighted by atomic mass is 10.2. The Balaban J connectivity index is 2.64. The Morgan fingerprint density at radius 1 is 1.50 bits per heavy atom. The third-order valence-electron chi connectivity index (χ3n) is 1.85. The Kier molecular flexibility index (Phi) is 6.26. The van der Waals surface area contributed by atoms with Gasteiger partial charge in [-0.2, -0.15) is 0 Å². The van der Waals surface area contributed by atoms with E-state index in [1.807, 2.05) is 0 Å². The van der Waals surface area contributed by atoms with Crippen LogP contribution < -0.4 is 4.74 Å². The number of carbonyl (C=O) groups excluding carboxylic acids is 1. The highest BCUT2D eigenvalue weighted by atomic mass is 32.2. The molecule has 0 amide bonds. The maximum absolute atomic E-state index is 13.6.